The van der Waals surface area contributed by atoms with Gasteiger partial charge in [-0.15, -0.1) is 11.8 Å². The number of rotatable bonds is 5. The second-order valence-electron chi connectivity index (χ2n) is 5.75. The molecule has 1 aliphatic rings. The maximum absolute atomic E-state index is 5.58. The van der Waals surface area contributed by atoms with Gasteiger partial charge in [0.15, 0.2) is 0 Å². The predicted octanol–water partition coefficient (Wildman–Crippen LogP) is 4.68. The molecule has 2 aromatic rings. The van der Waals surface area contributed by atoms with Crippen LogP contribution in [0.1, 0.15) is 18.4 Å². The third-order valence-electron chi connectivity index (χ3n) is 4.25. The van der Waals surface area contributed by atoms with E-state index in [-0.39, 0.29) is 0 Å². The van der Waals surface area contributed by atoms with Gasteiger partial charge in [-0.1, -0.05) is 18.2 Å². The fourth-order valence-electron chi connectivity index (χ4n) is 3.07. The maximum atomic E-state index is 5.58. The highest BCUT2D eigenvalue weighted by atomic mass is 32.2. The molecule has 1 heterocycles. The molecule has 0 N–H and O–H groups in total. The quantitative estimate of drug-likeness (QED) is 0.744. The van der Waals surface area contributed by atoms with Gasteiger partial charge in [0.2, 0.25) is 0 Å². The molecule has 0 aliphatic carbocycles. The maximum Gasteiger partial charge on any atom is 0.126 e. The van der Waals surface area contributed by atoms with Gasteiger partial charge in [-0.2, -0.15) is 0 Å². The van der Waals surface area contributed by atoms with E-state index in [0.29, 0.717) is 0 Å². The van der Waals surface area contributed by atoms with Crippen LogP contribution < -0.4 is 4.74 Å². The summed E-state index contributed by atoms with van der Waals surface area (Å²) in [6, 6.07) is 15.3. The van der Waals surface area contributed by atoms with Crippen LogP contribution in [0.5, 0.6) is 5.75 Å². The molecule has 1 aliphatic heterocycles. The lowest BCUT2D eigenvalue weighted by molar-refractivity contribution is 0.331. The SMILES string of the molecule is COc1ccc(CN2CCCC2)cc1-c1cccc(SC)c1. The van der Waals surface area contributed by atoms with E-state index in [4.69, 9.17) is 4.74 Å². The third-order valence-corrected chi connectivity index (χ3v) is 4.97. The zero-order chi connectivity index (χ0) is 15.4. The highest BCUT2D eigenvalue weighted by Crippen LogP contribution is 2.33. The van der Waals surface area contributed by atoms with Gasteiger partial charge in [-0.25, -0.2) is 0 Å². The fourth-order valence-corrected chi connectivity index (χ4v) is 3.53. The summed E-state index contributed by atoms with van der Waals surface area (Å²) < 4.78 is 5.58. The van der Waals surface area contributed by atoms with E-state index in [2.05, 4.69) is 53.6 Å². The number of thioether (sulfide) groups is 1. The van der Waals surface area contributed by atoms with E-state index in [1.54, 1.807) is 18.9 Å². The molecule has 3 heteroatoms. The summed E-state index contributed by atoms with van der Waals surface area (Å²) >= 11 is 1.77. The van der Waals surface area contributed by atoms with E-state index in [1.807, 2.05) is 0 Å². The molecule has 0 atom stereocenters. The Kier molecular flexibility index (Phi) is 5.06. The van der Waals surface area contributed by atoms with Crippen molar-refractivity contribution in [2.24, 2.45) is 0 Å². The van der Waals surface area contributed by atoms with E-state index in [9.17, 15) is 0 Å². The van der Waals surface area contributed by atoms with Crippen LogP contribution >= 0.6 is 11.8 Å². The number of likely N-dealkylation sites (tertiary alicyclic amines) is 1. The van der Waals surface area contributed by atoms with E-state index >= 15 is 0 Å². The van der Waals surface area contributed by atoms with Crippen LogP contribution in [-0.4, -0.2) is 31.4 Å². The monoisotopic (exact) mass is 313 g/mol. The van der Waals surface area contributed by atoms with Crippen molar-refractivity contribution in [1.29, 1.82) is 0 Å². The van der Waals surface area contributed by atoms with Crippen LogP contribution in [0.2, 0.25) is 0 Å². The molecule has 0 aromatic heterocycles. The lowest BCUT2D eigenvalue weighted by atomic mass is 10.0. The van der Waals surface area contributed by atoms with Crippen molar-refractivity contribution in [2.75, 3.05) is 26.5 Å². The van der Waals surface area contributed by atoms with Gasteiger partial charge in [0.1, 0.15) is 5.75 Å². The molecule has 2 nitrogen and oxygen atoms in total. The molecular weight excluding hydrogens is 290 g/mol. The van der Waals surface area contributed by atoms with Crippen LogP contribution in [0.25, 0.3) is 11.1 Å². The molecule has 0 saturated carbocycles. The highest BCUT2D eigenvalue weighted by Gasteiger charge is 2.13. The predicted molar refractivity (Wildman–Crippen MR) is 94.7 cm³/mol. The first-order valence-electron chi connectivity index (χ1n) is 7.84. The summed E-state index contributed by atoms with van der Waals surface area (Å²) in [6.07, 6.45) is 4.78. The van der Waals surface area contributed by atoms with Gasteiger partial charge in [-0.3, -0.25) is 4.90 Å². The highest BCUT2D eigenvalue weighted by molar-refractivity contribution is 7.98. The topological polar surface area (TPSA) is 12.5 Å². The normalized spacial score (nSPS) is 15.2. The van der Waals surface area contributed by atoms with Crippen molar-refractivity contribution >= 4 is 11.8 Å². The largest absolute Gasteiger partial charge is 0.496 e. The van der Waals surface area contributed by atoms with Crippen molar-refractivity contribution in [3.63, 3.8) is 0 Å². The van der Waals surface area contributed by atoms with Crippen LogP contribution in [0.4, 0.5) is 0 Å². The molecule has 0 radical (unpaired) electrons. The van der Waals surface area contributed by atoms with Crippen molar-refractivity contribution in [2.45, 2.75) is 24.3 Å². The minimum atomic E-state index is 0.948. The Bertz CT molecular complexity index is 635. The second-order valence-corrected chi connectivity index (χ2v) is 6.63. The average Bonchev–Trinajstić information content (AvgIpc) is 3.08. The second kappa shape index (κ2) is 7.21. The Balaban J connectivity index is 1.92. The average molecular weight is 313 g/mol. The lowest BCUT2D eigenvalue weighted by Crippen LogP contribution is -2.18. The molecule has 1 saturated heterocycles. The summed E-state index contributed by atoms with van der Waals surface area (Å²) in [5, 5.41) is 0. The van der Waals surface area contributed by atoms with Crippen LogP contribution in [0.3, 0.4) is 0 Å². The Morgan fingerprint density at radius 2 is 1.91 bits per heavy atom. The molecule has 1 fully saturated rings. The Hall–Kier alpha value is -1.45. The molecule has 0 amide bonds. The number of methoxy groups -OCH3 is 1. The van der Waals surface area contributed by atoms with Gasteiger partial charge in [-0.05, 0) is 67.6 Å². The van der Waals surface area contributed by atoms with E-state index < -0.39 is 0 Å². The molecular formula is C19H23NOS. The van der Waals surface area contributed by atoms with Crippen LogP contribution in [0, 0.1) is 0 Å². The first-order chi connectivity index (χ1) is 10.8. The fraction of sp³-hybridized carbons (Fsp3) is 0.368. The molecule has 0 bridgehead atoms. The zero-order valence-electron chi connectivity index (χ0n) is 13.3. The summed E-state index contributed by atoms with van der Waals surface area (Å²) in [5.74, 6) is 0.948. The minimum absolute atomic E-state index is 0.948. The van der Waals surface area contributed by atoms with Gasteiger partial charge >= 0.3 is 0 Å². The standard InChI is InChI=1S/C19H23NOS/c1-21-19-9-8-15(14-20-10-3-4-11-20)12-18(19)16-6-5-7-17(13-16)22-2/h5-9,12-13H,3-4,10-11,14H2,1-2H3. The van der Waals surface area contributed by atoms with Crippen molar-refractivity contribution < 1.29 is 4.74 Å². The van der Waals surface area contributed by atoms with Gasteiger partial charge < -0.3 is 4.74 Å². The number of ether oxygens (including phenoxy) is 1. The number of hydrogen-bond acceptors (Lipinski definition) is 3. The number of benzene rings is 2. The minimum Gasteiger partial charge on any atom is -0.496 e. The lowest BCUT2D eigenvalue weighted by Gasteiger charge is -2.17. The molecule has 0 spiro atoms. The number of hydrogen-bond donors (Lipinski definition) is 0. The van der Waals surface area contributed by atoms with E-state index in [1.165, 1.54) is 47.5 Å². The van der Waals surface area contributed by atoms with Gasteiger partial charge in [0, 0.05) is 17.0 Å². The Labute approximate surface area is 137 Å². The van der Waals surface area contributed by atoms with Crippen molar-refractivity contribution in [3.05, 3.63) is 48.0 Å². The first-order valence-corrected chi connectivity index (χ1v) is 9.06. The van der Waals surface area contributed by atoms with Crippen LogP contribution in [0.15, 0.2) is 47.4 Å². The summed E-state index contributed by atoms with van der Waals surface area (Å²) in [5.41, 5.74) is 3.79. The third kappa shape index (κ3) is 3.47. The molecule has 2 aromatic carbocycles. The van der Waals surface area contributed by atoms with Crippen LogP contribution in [-0.2, 0) is 6.54 Å². The smallest absolute Gasteiger partial charge is 0.126 e. The van der Waals surface area contributed by atoms with Gasteiger partial charge in [0.25, 0.3) is 0 Å². The summed E-state index contributed by atoms with van der Waals surface area (Å²) in [4.78, 5) is 3.81. The Morgan fingerprint density at radius 1 is 1.09 bits per heavy atom. The van der Waals surface area contributed by atoms with Crippen molar-refractivity contribution in [3.8, 4) is 16.9 Å². The Morgan fingerprint density at radius 3 is 2.64 bits per heavy atom. The molecule has 22 heavy (non-hydrogen) atoms. The first kappa shape index (κ1) is 15.4. The number of nitrogens with zero attached hydrogens (tertiary/aromatic N) is 1. The molecule has 116 valence electrons. The molecule has 3 rings (SSSR count). The zero-order valence-corrected chi connectivity index (χ0v) is 14.2. The van der Waals surface area contributed by atoms with Gasteiger partial charge in [0.05, 0.1) is 7.11 Å². The van der Waals surface area contributed by atoms with E-state index in [0.717, 1.165) is 12.3 Å². The molecule has 0 unspecified atom stereocenters. The summed E-state index contributed by atoms with van der Waals surface area (Å²) in [7, 11) is 1.75. The summed E-state index contributed by atoms with van der Waals surface area (Å²) in [6.45, 7) is 3.49. The van der Waals surface area contributed by atoms with Crippen molar-refractivity contribution in [1.82, 2.24) is 4.90 Å².